The number of fused-ring (bicyclic) bond motifs is 1. The molecule has 1 atom stereocenters. The Morgan fingerprint density at radius 1 is 0.938 bits per heavy atom. The van der Waals surface area contributed by atoms with Crippen LogP contribution in [0.25, 0.3) is 0 Å². The lowest BCUT2D eigenvalue weighted by Crippen LogP contribution is -2.58. The van der Waals surface area contributed by atoms with Gasteiger partial charge in [0.2, 0.25) is 0 Å². The normalized spacial score (nSPS) is 19.3. The average Bonchev–Trinajstić information content (AvgIpc) is 2.99. The van der Waals surface area contributed by atoms with Gasteiger partial charge in [0.1, 0.15) is 5.60 Å². The maximum Gasteiger partial charge on any atom is 0.410 e. The lowest BCUT2D eigenvalue weighted by molar-refractivity contribution is -0.00103. The molecule has 32 heavy (non-hydrogen) atoms. The van der Waals surface area contributed by atoms with Crippen molar-refractivity contribution >= 4 is 17.9 Å². The van der Waals surface area contributed by atoms with Gasteiger partial charge >= 0.3 is 6.09 Å². The molecule has 2 aromatic carbocycles. The molecule has 0 spiro atoms. The molecule has 2 aliphatic rings. The largest absolute Gasteiger partial charge is 0.444 e. The van der Waals surface area contributed by atoms with E-state index in [0.717, 1.165) is 5.56 Å². The highest BCUT2D eigenvalue weighted by molar-refractivity contribution is 6.21. The number of rotatable bonds is 4. The van der Waals surface area contributed by atoms with Gasteiger partial charge in [0.05, 0.1) is 11.1 Å². The first-order valence-corrected chi connectivity index (χ1v) is 10.9. The zero-order valence-corrected chi connectivity index (χ0v) is 18.8. The number of nitrogens with zero attached hydrogens (tertiary/aromatic N) is 3. The number of hydrogen-bond acceptors (Lipinski definition) is 5. The summed E-state index contributed by atoms with van der Waals surface area (Å²) in [7, 11) is 0. The number of carbonyl (C=O) groups excluding carboxylic acids is 3. The zero-order valence-electron chi connectivity index (χ0n) is 18.8. The molecule has 3 amide bonds. The molecule has 2 aromatic rings. The maximum absolute atomic E-state index is 12.9. The number of piperazine rings is 1. The van der Waals surface area contributed by atoms with E-state index in [1.807, 2.05) is 39.0 Å². The fraction of sp³-hybridized carbons (Fsp3) is 0.400. The Hall–Kier alpha value is -3.19. The Morgan fingerprint density at radius 3 is 2.12 bits per heavy atom. The molecule has 1 fully saturated rings. The summed E-state index contributed by atoms with van der Waals surface area (Å²) in [5.41, 5.74) is 1.43. The van der Waals surface area contributed by atoms with Gasteiger partial charge in [0.15, 0.2) is 0 Å². The van der Waals surface area contributed by atoms with Gasteiger partial charge in [-0.15, -0.1) is 0 Å². The third kappa shape index (κ3) is 4.67. The van der Waals surface area contributed by atoms with Gasteiger partial charge in [0.25, 0.3) is 11.8 Å². The first-order valence-electron chi connectivity index (χ1n) is 10.9. The van der Waals surface area contributed by atoms with E-state index in [-0.39, 0.29) is 30.5 Å². The van der Waals surface area contributed by atoms with Crippen molar-refractivity contribution in [3.05, 3.63) is 71.3 Å². The second-order valence-corrected chi connectivity index (χ2v) is 9.30. The molecule has 4 rings (SSSR count). The van der Waals surface area contributed by atoms with Gasteiger partial charge in [-0.3, -0.25) is 19.4 Å². The molecule has 168 valence electrons. The second kappa shape index (κ2) is 8.74. The lowest BCUT2D eigenvalue weighted by atomic mass is 10.1. The van der Waals surface area contributed by atoms with Crippen LogP contribution in [0.4, 0.5) is 4.79 Å². The van der Waals surface area contributed by atoms with Gasteiger partial charge < -0.3 is 9.64 Å². The Balaban J connectivity index is 1.54. The van der Waals surface area contributed by atoms with Crippen LogP contribution in [0.2, 0.25) is 0 Å². The summed E-state index contributed by atoms with van der Waals surface area (Å²) in [5, 5.41) is 0. The van der Waals surface area contributed by atoms with Crippen molar-refractivity contribution in [2.45, 2.75) is 39.0 Å². The van der Waals surface area contributed by atoms with Crippen LogP contribution in [0.3, 0.4) is 0 Å². The Kier molecular flexibility index (Phi) is 6.02. The fourth-order valence-electron chi connectivity index (χ4n) is 4.20. The van der Waals surface area contributed by atoms with Gasteiger partial charge in [-0.1, -0.05) is 42.5 Å². The van der Waals surface area contributed by atoms with Crippen LogP contribution in [0, 0.1) is 0 Å². The van der Waals surface area contributed by atoms with Crippen LogP contribution < -0.4 is 0 Å². The number of benzene rings is 2. The van der Waals surface area contributed by atoms with Crippen molar-refractivity contribution in [2.75, 3.05) is 26.2 Å². The highest BCUT2D eigenvalue weighted by atomic mass is 16.6. The zero-order chi connectivity index (χ0) is 22.9. The van der Waals surface area contributed by atoms with Crippen molar-refractivity contribution in [3.8, 4) is 0 Å². The molecular weight excluding hydrogens is 406 g/mol. The fourth-order valence-corrected chi connectivity index (χ4v) is 4.20. The summed E-state index contributed by atoms with van der Waals surface area (Å²) in [6.07, 6.45) is -0.371. The van der Waals surface area contributed by atoms with E-state index in [4.69, 9.17) is 4.74 Å². The highest BCUT2D eigenvalue weighted by Gasteiger charge is 2.40. The smallest absolute Gasteiger partial charge is 0.410 e. The van der Waals surface area contributed by atoms with E-state index in [0.29, 0.717) is 37.3 Å². The molecule has 1 saturated heterocycles. The molecule has 7 heteroatoms. The molecule has 1 unspecified atom stereocenters. The molecule has 0 bridgehead atoms. The van der Waals surface area contributed by atoms with Gasteiger partial charge in [-0.05, 0) is 38.5 Å². The predicted molar refractivity (Wildman–Crippen MR) is 120 cm³/mol. The van der Waals surface area contributed by atoms with E-state index >= 15 is 0 Å². The van der Waals surface area contributed by atoms with Crippen molar-refractivity contribution in [1.82, 2.24) is 14.7 Å². The van der Waals surface area contributed by atoms with Crippen molar-refractivity contribution < 1.29 is 19.1 Å². The Labute approximate surface area is 188 Å². The van der Waals surface area contributed by atoms with Gasteiger partial charge in [-0.2, -0.15) is 0 Å². The van der Waals surface area contributed by atoms with E-state index in [1.54, 1.807) is 29.2 Å². The third-order valence-electron chi connectivity index (χ3n) is 5.76. The summed E-state index contributed by atoms with van der Waals surface area (Å²) < 4.78 is 5.56. The highest BCUT2D eigenvalue weighted by Crippen LogP contribution is 2.25. The standard InChI is InChI=1S/C25H29N3O4/c1-25(2,3)32-24(31)27-14-13-26(15-18-9-5-4-6-10-18)19(16-27)17-28-22(29)20-11-7-8-12-21(20)23(28)30/h4-12,19H,13-17H2,1-3H3. The molecule has 0 aliphatic carbocycles. The first-order chi connectivity index (χ1) is 15.2. The predicted octanol–water partition coefficient (Wildman–Crippen LogP) is 3.40. The van der Waals surface area contributed by atoms with Crippen LogP contribution in [0.5, 0.6) is 0 Å². The number of imide groups is 1. The molecule has 2 aliphatic heterocycles. The second-order valence-electron chi connectivity index (χ2n) is 9.30. The van der Waals surface area contributed by atoms with Gasteiger partial charge in [0, 0.05) is 38.8 Å². The van der Waals surface area contributed by atoms with E-state index in [1.165, 1.54) is 4.90 Å². The minimum Gasteiger partial charge on any atom is -0.444 e. The van der Waals surface area contributed by atoms with Crippen molar-refractivity contribution in [3.63, 3.8) is 0 Å². The van der Waals surface area contributed by atoms with Crippen LogP contribution in [-0.2, 0) is 11.3 Å². The van der Waals surface area contributed by atoms with Crippen LogP contribution in [0.15, 0.2) is 54.6 Å². The number of hydrogen-bond donors (Lipinski definition) is 0. The van der Waals surface area contributed by atoms with Crippen LogP contribution in [-0.4, -0.2) is 70.4 Å². The SMILES string of the molecule is CC(C)(C)OC(=O)N1CCN(Cc2ccccc2)C(CN2C(=O)c3ccccc3C2=O)C1. The molecule has 2 heterocycles. The van der Waals surface area contributed by atoms with E-state index in [2.05, 4.69) is 17.0 Å². The molecule has 0 saturated carbocycles. The van der Waals surface area contributed by atoms with E-state index < -0.39 is 5.60 Å². The summed E-state index contributed by atoms with van der Waals surface area (Å²) in [6.45, 7) is 7.96. The molecule has 0 N–H and O–H groups in total. The monoisotopic (exact) mass is 435 g/mol. The Bertz CT molecular complexity index is 980. The third-order valence-corrected chi connectivity index (χ3v) is 5.76. The molecule has 0 radical (unpaired) electrons. The minimum absolute atomic E-state index is 0.196. The van der Waals surface area contributed by atoms with Gasteiger partial charge in [-0.25, -0.2) is 4.79 Å². The number of carbonyl (C=O) groups is 3. The van der Waals surface area contributed by atoms with E-state index in [9.17, 15) is 14.4 Å². The van der Waals surface area contributed by atoms with Crippen LogP contribution >= 0.6 is 0 Å². The Morgan fingerprint density at radius 2 is 1.53 bits per heavy atom. The molecule has 0 aromatic heterocycles. The number of ether oxygens (including phenoxy) is 1. The first kappa shape index (κ1) is 22.0. The molecule has 7 nitrogen and oxygen atoms in total. The van der Waals surface area contributed by atoms with Crippen molar-refractivity contribution in [1.29, 1.82) is 0 Å². The number of amides is 3. The summed E-state index contributed by atoms with van der Waals surface area (Å²) in [6, 6.07) is 16.8. The lowest BCUT2D eigenvalue weighted by Gasteiger charge is -2.42. The summed E-state index contributed by atoms with van der Waals surface area (Å²) in [5.74, 6) is -0.556. The minimum atomic E-state index is -0.587. The maximum atomic E-state index is 12.9. The summed E-state index contributed by atoms with van der Waals surface area (Å²) in [4.78, 5) is 43.8. The topological polar surface area (TPSA) is 70.2 Å². The molecular formula is C25H29N3O4. The summed E-state index contributed by atoms with van der Waals surface area (Å²) >= 11 is 0. The average molecular weight is 436 g/mol. The quantitative estimate of drug-likeness (QED) is 0.689. The van der Waals surface area contributed by atoms with Crippen LogP contribution in [0.1, 0.15) is 47.1 Å². The van der Waals surface area contributed by atoms with Crippen molar-refractivity contribution in [2.24, 2.45) is 0 Å².